The number of benzene rings is 2. The Balaban J connectivity index is 1.47. The molecule has 0 bridgehead atoms. The van der Waals surface area contributed by atoms with E-state index >= 15 is 0 Å². The normalized spacial score (nSPS) is 19.7. The van der Waals surface area contributed by atoms with Crippen LogP contribution in [0.25, 0.3) is 5.57 Å². The van der Waals surface area contributed by atoms with Crippen molar-refractivity contribution < 1.29 is 67.6 Å². The van der Waals surface area contributed by atoms with Crippen LogP contribution in [-0.4, -0.2) is 113 Å². The number of anilines is 2. The molecule has 2 amide bonds. The molecule has 21 heteroatoms. The third kappa shape index (κ3) is 13.7. The lowest BCUT2D eigenvalue weighted by atomic mass is 9.77. The first-order chi connectivity index (χ1) is 30.3. The van der Waals surface area contributed by atoms with Crippen molar-refractivity contribution in [3.05, 3.63) is 77.5 Å². The van der Waals surface area contributed by atoms with E-state index < -0.39 is 71.2 Å². The average Bonchev–Trinajstić information content (AvgIpc) is 3.63. The van der Waals surface area contributed by atoms with Crippen LogP contribution in [0, 0.1) is 5.41 Å². The molecule has 0 aliphatic carbocycles. The van der Waals surface area contributed by atoms with Gasteiger partial charge in [0, 0.05) is 80.1 Å². The van der Waals surface area contributed by atoms with Gasteiger partial charge in [0.25, 0.3) is 42.2 Å². The van der Waals surface area contributed by atoms with Crippen LogP contribution in [0.3, 0.4) is 0 Å². The number of hydroxylamine groups is 2. The predicted octanol–water partition coefficient (Wildman–Crippen LogP) is 5.91. The summed E-state index contributed by atoms with van der Waals surface area (Å²) in [7, 11) is -11.6. The van der Waals surface area contributed by atoms with Gasteiger partial charge in [-0.25, -0.2) is 4.79 Å². The molecular weight excluding hydrogens is 907 g/mol. The highest BCUT2D eigenvalue weighted by molar-refractivity contribution is 7.86. The number of fused-ring (bicyclic) bond motifs is 2. The van der Waals surface area contributed by atoms with Gasteiger partial charge in [-0.05, 0) is 104 Å². The topological polar surface area (TPSA) is 252 Å². The average molecular weight is 966 g/mol. The van der Waals surface area contributed by atoms with Crippen LogP contribution in [0.1, 0.15) is 96.6 Å². The van der Waals surface area contributed by atoms with Gasteiger partial charge in [-0.1, -0.05) is 33.3 Å². The standard InChI is InChI=1S/C44H59N3O15S3/c1-43(2,3)35-29-32(61-38-28-31(15-17-34(35)38)45(24-25-60-5)22-11-27-64(54,55)56)12-9-13-39-44(4,21-10-26-63(51,52)53)36-30-33(65(57,58)59)16-18-37(36)46(39)23-8-6-7-14-42(50)62-47-40(48)19-20-41(47)49/h9,12-13,15-18,28-30,32H,6-8,10-11,14,19-27H2,1-5H3,(H,51,52,53)(H,54,55,56)(H,57,58,59)/b12-9+,39-13+. The molecule has 2 aromatic carbocycles. The molecule has 3 N–H and O–H groups in total. The molecule has 3 aliphatic rings. The molecule has 3 aliphatic heterocycles. The third-order valence-electron chi connectivity index (χ3n) is 11.5. The van der Waals surface area contributed by atoms with E-state index in [1.807, 2.05) is 53.2 Å². The number of amides is 2. The number of hydrogen-bond donors (Lipinski definition) is 3. The maximum absolute atomic E-state index is 12.5. The number of carbonyl (C=O) groups excluding carboxylic acids is 3. The summed E-state index contributed by atoms with van der Waals surface area (Å²) >= 11 is 0. The van der Waals surface area contributed by atoms with Crippen LogP contribution in [0.4, 0.5) is 11.4 Å². The van der Waals surface area contributed by atoms with Gasteiger partial charge < -0.3 is 24.1 Å². The smallest absolute Gasteiger partial charge is 0.333 e. The van der Waals surface area contributed by atoms with Crippen LogP contribution in [0.5, 0.6) is 5.75 Å². The minimum Gasteiger partial charge on any atom is -0.482 e. The predicted molar refractivity (Wildman–Crippen MR) is 243 cm³/mol. The van der Waals surface area contributed by atoms with Crippen LogP contribution in [0.2, 0.25) is 0 Å². The van der Waals surface area contributed by atoms with E-state index in [4.69, 9.17) is 14.3 Å². The van der Waals surface area contributed by atoms with E-state index in [1.54, 1.807) is 19.3 Å². The fourth-order valence-corrected chi connectivity index (χ4v) is 9.81. The molecule has 5 rings (SSSR count). The molecule has 1 saturated heterocycles. The van der Waals surface area contributed by atoms with E-state index in [1.165, 1.54) is 12.1 Å². The Morgan fingerprint density at radius 2 is 1.58 bits per heavy atom. The highest BCUT2D eigenvalue weighted by Crippen LogP contribution is 2.51. The summed E-state index contributed by atoms with van der Waals surface area (Å²) in [5.74, 6) is -2.24. The summed E-state index contributed by atoms with van der Waals surface area (Å²) in [4.78, 5) is 44.8. The molecule has 0 radical (unpaired) electrons. The summed E-state index contributed by atoms with van der Waals surface area (Å²) in [6, 6.07) is 9.98. The molecule has 2 unspecified atom stereocenters. The summed E-state index contributed by atoms with van der Waals surface area (Å²) in [5, 5.41) is 0.504. The largest absolute Gasteiger partial charge is 0.482 e. The molecule has 1 fully saturated rings. The third-order valence-corrected chi connectivity index (χ3v) is 14.0. The van der Waals surface area contributed by atoms with Gasteiger partial charge in [0.05, 0.1) is 23.0 Å². The molecule has 3 heterocycles. The number of imide groups is 1. The van der Waals surface area contributed by atoms with Crippen molar-refractivity contribution in [3.8, 4) is 5.75 Å². The van der Waals surface area contributed by atoms with E-state index in [0.717, 1.165) is 16.8 Å². The van der Waals surface area contributed by atoms with E-state index in [-0.39, 0.29) is 48.8 Å². The summed E-state index contributed by atoms with van der Waals surface area (Å²) < 4.78 is 112. The quantitative estimate of drug-likeness (QED) is 0.0705. The number of rotatable bonds is 22. The summed E-state index contributed by atoms with van der Waals surface area (Å²) in [5.41, 5.74) is 3.06. The van der Waals surface area contributed by atoms with Crippen LogP contribution in [-0.2, 0) is 59.7 Å². The fraction of sp³-hybridized carbons (Fsp3) is 0.523. The second kappa shape index (κ2) is 20.9. The number of hydrogen-bond acceptors (Lipinski definition) is 14. The van der Waals surface area contributed by atoms with Crippen molar-refractivity contribution in [1.29, 1.82) is 0 Å². The highest BCUT2D eigenvalue weighted by Gasteiger charge is 2.44. The first-order valence-electron chi connectivity index (χ1n) is 21.3. The van der Waals surface area contributed by atoms with Crippen molar-refractivity contribution in [2.45, 2.75) is 102 Å². The maximum atomic E-state index is 12.5. The zero-order chi connectivity index (χ0) is 48.0. The number of unbranched alkanes of at least 4 members (excludes halogenated alkanes) is 2. The molecule has 0 aromatic heterocycles. The Bertz CT molecular complexity index is 2530. The Labute approximate surface area is 381 Å². The Morgan fingerprint density at radius 1 is 0.908 bits per heavy atom. The zero-order valence-corrected chi connectivity index (χ0v) is 39.7. The number of allylic oxidation sites excluding steroid dienone is 4. The van der Waals surface area contributed by atoms with E-state index in [9.17, 15) is 53.3 Å². The van der Waals surface area contributed by atoms with Crippen molar-refractivity contribution >= 4 is 65.1 Å². The first-order valence-corrected chi connectivity index (χ1v) is 26.0. The van der Waals surface area contributed by atoms with Gasteiger partial charge in [-0.15, -0.1) is 5.06 Å². The minimum absolute atomic E-state index is 0.00362. The Hall–Kier alpha value is -4.64. The lowest BCUT2D eigenvalue weighted by molar-refractivity contribution is -0.197. The number of methoxy groups -OCH3 is 1. The molecule has 358 valence electrons. The van der Waals surface area contributed by atoms with Gasteiger partial charge >= 0.3 is 5.97 Å². The molecular formula is C44H59N3O15S3. The second-order valence-corrected chi connectivity index (χ2v) is 22.1. The summed E-state index contributed by atoms with van der Waals surface area (Å²) in [6.07, 6.45) is 8.52. The number of nitrogens with zero attached hydrogens (tertiary/aromatic N) is 3. The molecule has 0 spiro atoms. The molecule has 2 atom stereocenters. The second-order valence-electron chi connectivity index (χ2n) is 17.5. The van der Waals surface area contributed by atoms with E-state index in [0.29, 0.717) is 73.3 Å². The zero-order valence-electron chi connectivity index (χ0n) is 37.3. The molecule has 65 heavy (non-hydrogen) atoms. The lowest BCUT2D eigenvalue weighted by Gasteiger charge is -2.33. The van der Waals surface area contributed by atoms with Gasteiger partial charge in [0.2, 0.25) is 0 Å². The summed E-state index contributed by atoms with van der Waals surface area (Å²) in [6.45, 7) is 9.56. The van der Waals surface area contributed by atoms with Crippen molar-refractivity contribution in [1.82, 2.24) is 5.06 Å². The Kier molecular flexibility index (Phi) is 16.5. The van der Waals surface area contributed by atoms with Gasteiger partial charge in [0.15, 0.2) is 0 Å². The fourth-order valence-electron chi connectivity index (χ4n) is 8.30. The maximum Gasteiger partial charge on any atom is 0.333 e. The van der Waals surface area contributed by atoms with Crippen molar-refractivity contribution in [2.75, 3.05) is 54.7 Å². The minimum atomic E-state index is -4.64. The van der Waals surface area contributed by atoms with Gasteiger partial charge in [0.1, 0.15) is 11.9 Å². The van der Waals surface area contributed by atoms with Crippen LogP contribution < -0.4 is 14.5 Å². The Morgan fingerprint density at radius 3 is 2.22 bits per heavy atom. The highest BCUT2D eigenvalue weighted by atomic mass is 32.2. The first kappa shape index (κ1) is 51.3. The number of ether oxygens (including phenoxy) is 2. The lowest BCUT2D eigenvalue weighted by Crippen LogP contribution is -2.32. The monoisotopic (exact) mass is 965 g/mol. The van der Waals surface area contributed by atoms with Crippen LogP contribution >= 0.6 is 0 Å². The van der Waals surface area contributed by atoms with Crippen LogP contribution in [0.15, 0.2) is 71.3 Å². The van der Waals surface area contributed by atoms with Gasteiger partial charge in [-0.2, -0.15) is 25.3 Å². The number of carbonyl (C=O) groups is 3. The molecule has 2 aromatic rings. The van der Waals surface area contributed by atoms with Crippen molar-refractivity contribution in [3.63, 3.8) is 0 Å². The van der Waals surface area contributed by atoms with Gasteiger partial charge in [-0.3, -0.25) is 23.2 Å². The van der Waals surface area contributed by atoms with Crippen molar-refractivity contribution in [2.24, 2.45) is 5.41 Å². The molecule has 0 saturated carbocycles. The SMILES string of the molecule is COCCN(CCCS(=O)(=O)O)c1ccc2c(c1)OC(/C=C/C=C1/N(CCCCCC(=O)ON3C(=O)CCC3=O)c3ccc(S(=O)(=O)O)cc3C1(C)CCCS(=O)(=O)O)C=C2C(C)(C)C. The van der Waals surface area contributed by atoms with E-state index in [2.05, 4.69) is 20.8 Å². The molecule has 18 nitrogen and oxygen atoms in total.